The molecule has 0 N–H and O–H groups in total. The Morgan fingerprint density at radius 3 is 2.00 bits per heavy atom. The summed E-state index contributed by atoms with van der Waals surface area (Å²) in [5, 5.41) is 0. The predicted octanol–water partition coefficient (Wildman–Crippen LogP) is 5.82. The Bertz CT molecular complexity index is 573. The minimum atomic E-state index is 0.375. The molecule has 112 valence electrons. The van der Waals surface area contributed by atoms with E-state index in [0.717, 1.165) is 17.8 Å². The summed E-state index contributed by atoms with van der Waals surface area (Å²) in [4.78, 5) is 0. The zero-order chi connectivity index (χ0) is 14.4. The molecule has 0 aromatic rings. The Morgan fingerprint density at radius 2 is 1.48 bits per heavy atom. The first-order valence-electron chi connectivity index (χ1n) is 9.10. The van der Waals surface area contributed by atoms with Crippen LogP contribution in [0.25, 0.3) is 0 Å². The van der Waals surface area contributed by atoms with Gasteiger partial charge >= 0.3 is 0 Å². The van der Waals surface area contributed by atoms with Crippen molar-refractivity contribution in [3.05, 3.63) is 34.4 Å². The predicted molar refractivity (Wildman–Crippen MR) is 87.9 cm³/mol. The number of hydrogen-bond donors (Lipinski definition) is 0. The molecule has 0 atom stereocenters. The molecule has 6 aliphatic carbocycles. The molecule has 0 aliphatic heterocycles. The summed E-state index contributed by atoms with van der Waals surface area (Å²) in [6, 6.07) is 0. The molecule has 4 fully saturated rings. The van der Waals surface area contributed by atoms with Crippen molar-refractivity contribution in [1.82, 2.24) is 0 Å². The highest BCUT2D eigenvalue weighted by atomic mass is 14.6. The lowest BCUT2D eigenvalue weighted by Gasteiger charge is -2.57. The van der Waals surface area contributed by atoms with Crippen molar-refractivity contribution in [2.24, 2.45) is 28.6 Å². The average Bonchev–Trinajstić information content (AvgIpc) is 2.89. The van der Waals surface area contributed by atoms with E-state index in [-0.39, 0.29) is 0 Å². The highest BCUT2D eigenvalue weighted by molar-refractivity contribution is 5.62. The van der Waals surface area contributed by atoms with Crippen molar-refractivity contribution in [1.29, 1.82) is 0 Å². The molecule has 0 spiro atoms. The number of hydrogen-bond acceptors (Lipinski definition) is 0. The van der Waals surface area contributed by atoms with E-state index in [0.29, 0.717) is 10.8 Å². The van der Waals surface area contributed by atoms with Gasteiger partial charge in [-0.25, -0.2) is 0 Å². The third-order valence-electron chi connectivity index (χ3n) is 7.44. The standard InChI is InChI=1S/C21H28/c1-13-9-20(2,3)19-8-17(7-18(13)19)21-10-14-4-15(11-21)6-16(5-14)12-21/h7-8,14-16H,4-6,9-12H2,1-3H3. The molecule has 0 nitrogen and oxygen atoms in total. The van der Waals surface area contributed by atoms with Gasteiger partial charge in [-0.3, -0.25) is 0 Å². The largest absolute Gasteiger partial charge is 0.0649 e. The maximum atomic E-state index is 2.64. The fourth-order valence-electron chi connectivity index (χ4n) is 7.04. The molecule has 0 radical (unpaired) electrons. The van der Waals surface area contributed by atoms with Crippen molar-refractivity contribution in [2.45, 2.75) is 65.7 Å². The Balaban J connectivity index is 1.58. The normalized spacial score (nSPS) is 46.0. The van der Waals surface area contributed by atoms with Crippen LogP contribution in [0.5, 0.6) is 0 Å². The monoisotopic (exact) mass is 280 g/mol. The summed E-state index contributed by atoms with van der Waals surface area (Å²) in [5.41, 5.74) is 7.59. The molecule has 0 aromatic carbocycles. The molecule has 0 heteroatoms. The highest BCUT2D eigenvalue weighted by Gasteiger charge is 2.53. The van der Waals surface area contributed by atoms with E-state index in [1.807, 2.05) is 0 Å². The number of fused-ring (bicyclic) bond motifs is 1. The van der Waals surface area contributed by atoms with E-state index in [2.05, 4.69) is 32.9 Å². The van der Waals surface area contributed by atoms with Gasteiger partial charge in [0.25, 0.3) is 0 Å². The fraction of sp³-hybridized carbons (Fsp3) is 0.714. The van der Waals surface area contributed by atoms with Gasteiger partial charge in [-0.2, -0.15) is 0 Å². The van der Waals surface area contributed by atoms with Crippen LogP contribution in [0.1, 0.15) is 65.7 Å². The second-order valence-electron chi connectivity index (χ2n) is 9.61. The zero-order valence-corrected chi connectivity index (χ0v) is 13.8. The topological polar surface area (TPSA) is 0 Å². The zero-order valence-electron chi connectivity index (χ0n) is 13.8. The lowest BCUT2D eigenvalue weighted by molar-refractivity contribution is -0.0284. The highest BCUT2D eigenvalue weighted by Crippen LogP contribution is 2.65. The van der Waals surface area contributed by atoms with Crippen LogP contribution >= 0.6 is 0 Å². The van der Waals surface area contributed by atoms with Crippen LogP contribution in [0.15, 0.2) is 34.4 Å². The van der Waals surface area contributed by atoms with Gasteiger partial charge in [-0.15, -0.1) is 0 Å². The first-order chi connectivity index (χ1) is 9.95. The van der Waals surface area contributed by atoms with Crippen LogP contribution in [-0.2, 0) is 0 Å². The Kier molecular flexibility index (Phi) is 2.28. The summed E-state index contributed by atoms with van der Waals surface area (Å²) in [7, 11) is 0. The molecule has 4 saturated carbocycles. The van der Waals surface area contributed by atoms with E-state index in [1.165, 1.54) is 25.7 Å². The van der Waals surface area contributed by atoms with Crippen molar-refractivity contribution in [3.63, 3.8) is 0 Å². The fourth-order valence-corrected chi connectivity index (χ4v) is 7.04. The van der Waals surface area contributed by atoms with Crippen LogP contribution in [0.4, 0.5) is 0 Å². The summed E-state index contributed by atoms with van der Waals surface area (Å²) in [6.45, 7) is 7.23. The van der Waals surface area contributed by atoms with Crippen molar-refractivity contribution in [3.8, 4) is 0 Å². The quantitative estimate of drug-likeness (QED) is 0.568. The molecule has 0 amide bonds. The Labute approximate surface area is 129 Å². The van der Waals surface area contributed by atoms with Gasteiger partial charge in [0.15, 0.2) is 0 Å². The van der Waals surface area contributed by atoms with Gasteiger partial charge < -0.3 is 0 Å². The van der Waals surface area contributed by atoms with Gasteiger partial charge in [0.1, 0.15) is 0 Å². The minimum Gasteiger partial charge on any atom is -0.0649 e. The number of rotatable bonds is 1. The van der Waals surface area contributed by atoms with Gasteiger partial charge in [0.2, 0.25) is 0 Å². The van der Waals surface area contributed by atoms with Gasteiger partial charge in [0, 0.05) is 0 Å². The first-order valence-corrected chi connectivity index (χ1v) is 9.10. The van der Waals surface area contributed by atoms with Crippen molar-refractivity contribution >= 4 is 0 Å². The SMILES string of the molecule is CC1=C2C=C(C34CC5CC(CC(C5)C3)C4)C=C2C(C)(C)C1. The van der Waals surface area contributed by atoms with Gasteiger partial charge in [-0.1, -0.05) is 31.6 Å². The lowest BCUT2D eigenvalue weighted by atomic mass is 9.48. The van der Waals surface area contributed by atoms with E-state index in [9.17, 15) is 0 Å². The van der Waals surface area contributed by atoms with Crippen LogP contribution in [0.2, 0.25) is 0 Å². The number of allylic oxidation sites excluding steroid dienone is 6. The maximum absolute atomic E-state index is 2.64. The second-order valence-corrected chi connectivity index (χ2v) is 9.61. The van der Waals surface area contributed by atoms with Crippen LogP contribution in [-0.4, -0.2) is 0 Å². The lowest BCUT2D eigenvalue weighted by Crippen LogP contribution is -2.46. The summed E-state index contributed by atoms with van der Waals surface area (Å²) < 4.78 is 0. The molecule has 0 aromatic heterocycles. The molecular formula is C21H28. The molecule has 4 bridgehead atoms. The second kappa shape index (κ2) is 3.76. The van der Waals surface area contributed by atoms with E-state index in [4.69, 9.17) is 0 Å². The van der Waals surface area contributed by atoms with Crippen LogP contribution < -0.4 is 0 Å². The molecule has 0 heterocycles. The Hall–Kier alpha value is -0.780. The molecule has 0 unspecified atom stereocenters. The summed E-state index contributed by atoms with van der Waals surface area (Å²) >= 11 is 0. The third kappa shape index (κ3) is 1.63. The molecule has 0 saturated heterocycles. The molecule has 6 rings (SSSR count). The summed E-state index contributed by atoms with van der Waals surface area (Å²) in [6.07, 6.45) is 15.7. The van der Waals surface area contributed by atoms with Crippen molar-refractivity contribution in [2.75, 3.05) is 0 Å². The smallest absolute Gasteiger partial charge is 0.00387 e. The summed E-state index contributed by atoms with van der Waals surface area (Å²) in [5.74, 6) is 3.16. The first kappa shape index (κ1) is 12.7. The molecular weight excluding hydrogens is 252 g/mol. The van der Waals surface area contributed by atoms with E-state index >= 15 is 0 Å². The minimum absolute atomic E-state index is 0.375. The van der Waals surface area contributed by atoms with Gasteiger partial charge in [-0.05, 0) is 97.2 Å². The molecule has 21 heavy (non-hydrogen) atoms. The maximum Gasteiger partial charge on any atom is -0.00387 e. The Morgan fingerprint density at radius 1 is 0.905 bits per heavy atom. The van der Waals surface area contributed by atoms with Gasteiger partial charge in [0.05, 0.1) is 0 Å². The molecule has 6 aliphatic rings. The van der Waals surface area contributed by atoms with Crippen molar-refractivity contribution < 1.29 is 0 Å². The van der Waals surface area contributed by atoms with E-state index < -0.39 is 0 Å². The van der Waals surface area contributed by atoms with Crippen LogP contribution in [0.3, 0.4) is 0 Å². The van der Waals surface area contributed by atoms with E-state index in [1.54, 1.807) is 41.6 Å². The average molecular weight is 280 g/mol. The van der Waals surface area contributed by atoms with Crippen LogP contribution in [0, 0.1) is 28.6 Å². The third-order valence-corrected chi connectivity index (χ3v) is 7.44.